The molecule has 154 valence electrons. The molecule has 2 aromatic rings. The van der Waals surface area contributed by atoms with E-state index < -0.39 is 0 Å². The SMILES string of the molecule is COCCCNC(=O)c1nc(C(=O)N2CCc3ccccc3C2)c2n1CCCC2. The van der Waals surface area contributed by atoms with Gasteiger partial charge in [0.25, 0.3) is 11.8 Å². The maximum Gasteiger partial charge on any atom is 0.287 e. The maximum atomic E-state index is 13.3. The van der Waals surface area contributed by atoms with E-state index in [0.717, 1.165) is 44.3 Å². The topological polar surface area (TPSA) is 76.5 Å². The Morgan fingerprint density at radius 3 is 2.79 bits per heavy atom. The molecule has 7 nitrogen and oxygen atoms in total. The molecule has 4 rings (SSSR count). The number of methoxy groups -OCH3 is 1. The predicted molar refractivity (Wildman–Crippen MR) is 109 cm³/mol. The Hall–Kier alpha value is -2.67. The fraction of sp³-hybridized carbons (Fsp3) is 0.500. The second-order valence-corrected chi connectivity index (χ2v) is 7.69. The summed E-state index contributed by atoms with van der Waals surface area (Å²) in [6, 6.07) is 8.26. The number of benzene rings is 1. The molecule has 0 unspecified atom stereocenters. The first-order chi connectivity index (χ1) is 14.2. The number of aromatic nitrogens is 2. The third kappa shape index (κ3) is 4.05. The molecule has 1 N–H and O–H groups in total. The molecule has 29 heavy (non-hydrogen) atoms. The van der Waals surface area contributed by atoms with Crippen molar-refractivity contribution in [3.8, 4) is 0 Å². The zero-order valence-corrected chi connectivity index (χ0v) is 16.9. The Balaban J connectivity index is 1.55. The van der Waals surface area contributed by atoms with E-state index in [1.54, 1.807) is 7.11 Å². The number of ether oxygens (including phenoxy) is 1. The minimum atomic E-state index is -0.215. The van der Waals surface area contributed by atoms with Crippen molar-refractivity contribution >= 4 is 11.8 Å². The van der Waals surface area contributed by atoms with Crippen LogP contribution in [0.5, 0.6) is 0 Å². The number of nitrogens with zero attached hydrogens (tertiary/aromatic N) is 3. The van der Waals surface area contributed by atoms with Crippen molar-refractivity contribution in [3.05, 3.63) is 52.6 Å². The lowest BCUT2D eigenvalue weighted by Gasteiger charge is -2.28. The van der Waals surface area contributed by atoms with Gasteiger partial charge in [0.2, 0.25) is 0 Å². The standard InChI is InChI=1S/C22H28N4O3/c1-29-14-6-11-23-21(27)20-24-19(18-9-4-5-12-26(18)20)22(28)25-13-10-16-7-2-3-8-17(16)15-25/h2-3,7-8H,4-6,9-15H2,1H3,(H,23,27). The molecule has 1 aromatic carbocycles. The third-order valence-electron chi connectivity index (χ3n) is 5.75. The molecular formula is C22H28N4O3. The van der Waals surface area contributed by atoms with Gasteiger partial charge in [-0.3, -0.25) is 9.59 Å². The minimum absolute atomic E-state index is 0.0661. The highest BCUT2D eigenvalue weighted by atomic mass is 16.5. The number of rotatable bonds is 6. The van der Waals surface area contributed by atoms with Gasteiger partial charge in [-0.25, -0.2) is 4.98 Å². The van der Waals surface area contributed by atoms with Crippen molar-refractivity contribution in [2.24, 2.45) is 0 Å². The first-order valence-corrected chi connectivity index (χ1v) is 10.4. The van der Waals surface area contributed by atoms with Crippen molar-refractivity contribution in [1.29, 1.82) is 0 Å². The molecule has 7 heteroatoms. The highest BCUT2D eigenvalue weighted by Crippen LogP contribution is 2.25. The Bertz CT molecular complexity index is 905. The molecule has 2 aliphatic rings. The summed E-state index contributed by atoms with van der Waals surface area (Å²) in [6.45, 7) is 3.14. The van der Waals surface area contributed by atoms with Gasteiger partial charge in [0.05, 0.1) is 5.69 Å². The molecule has 0 saturated heterocycles. The second-order valence-electron chi connectivity index (χ2n) is 7.69. The van der Waals surface area contributed by atoms with Crippen LogP contribution in [0.25, 0.3) is 0 Å². The maximum absolute atomic E-state index is 13.3. The zero-order chi connectivity index (χ0) is 20.2. The van der Waals surface area contributed by atoms with Gasteiger partial charge < -0.3 is 19.5 Å². The van der Waals surface area contributed by atoms with Crippen LogP contribution in [0, 0.1) is 0 Å². The van der Waals surface area contributed by atoms with E-state index in [1.807, 2.05) is 21.6 Å². The van der Waals surface area contributed by atoms with Crippen LogP contribution in [0.2, 0.25) is 0 Å². The summed E-state index contributed by atoms with van der Waals surface area (Å²) in [7, 11) is 1.64. The number of hydrogen-bond acceptors (Lipinski definition) is 4. The first-order valence-electron chi connectivity index (χ1n) is 10.4. The van der Waals surface area contributed by atoms with Crippen LogP contribution in [0.15, 0.2) is 24.3 Å². The summed E-state index contributed by atoms with van der Waals surface area (Å²) in [5, 5.41) is 2.90. The van der Waals surface area contributed by atoms with Crippen molar-refractivity contribution < 1.29 is 14.3 Å². The van der Waals surface area contributed by atoms with Crippen LogP contribution in [0.4, 0.5) is 0 Å². The molecule has 0 atom stereocenters. The average Bonchev–Trinajstić information content (AvgIpc) is 3.15. The molecule has 0 aliphatic carbocycles. The number of nitrogens with one attached hydrogen (secondary N) is 1. The highest BCUT2D eigenvalue weighted by Gasteiger charge is 2.31. The molecule has 1 aromatic heterocycles. The number of fused-ring (bicyclic) bond motifs is 2. The molecule has 0 bridgehead atoms. The quantitative estimate of drug-likeness (QED) is 0.760. The van der Waals surface area contributed by atoms with E-state index in [-0.39, 0.29) is 11.8 Å². The fourth-order valence-electron chi connectivity index (χ4n) is 4.20. The summed E-state index contributed by atoms with van der Waals surface area (Å²) in [4.78, 5) is 32.4. The summed E-state index contributed by atoms with van der Waals surface area (Å²) in [6.07, 6.45) is 4.40. The largest absolute Gasteiger partial charge is 0.385 e. The molecular weight excluding hydrogens is 368 g/mol. The van der Waals surface area contributed by atoms with E-state index >= 15 is 0 Å². The van der Waals surface area contributed by atoms with Crippen molar-refractivity contribution in [1.82, 2.24) is 19.8 Å². The number of carbonyl (C=O) groups is 2. The normalized spacial score (nSPS) is 15.6. The van der Waals surface area contributed by atoms with Crippen LogP contribution in [-0.2, 0) is 30.7 Å². The van der Waals surface area contributed by atoms with E-state index in [0.29, 0.717) is 37.8 Å². The highest BCUT2D eigenvalue weighted by molar-refractivity contribution is 5.97. The second kappa shape index (κ2) is 8.78. The van der Waals surface area contributed by atoms with Crippen molar-refractivity contribution in [2.45, 2.75) is 45.2 Å². The number of hydrogen-bond donors (Lipinski definition) is 1. The van der Waals surface area contributed by atoms with Gasteiger partial charge in [-0.15, -0.1) is 0 Å². The minimum Gasteiger partial charge on any atom is -0.385 e. The van der Waals surface area contributed by atoms with E-state index in [1.165, 1.54) is 11.1 Å². The Labute approximate surface area is 171 Å². The molecule has 0 fully saturated rings. The number of imidazole rings is 1. The lowest BCUT2D eigenvalue weighted by Crippen LogP contribution is -2.36. The van der Waals surface area contributed by atoms with Crippen LogP contribution in [0.1, 0.15) is 57.2 Å². The molecule has 0 radical (unpaired) electrons. The summed E-state index contributed by atoms with van der Waals surface area (Å²) in [5.41, 5.74) is 3.85. The zero-order valence-electron chi connectivity index (χ0n) is 16.9. The van der Waals surface area contributed by atoms with E-state index in [4.69, 9.17) is 4.74 Å². The molecule has 3 heterocycles. The van der Waals surface area contributed by atoms with Gasteiger partial charge >= 0.3 is 0 Å². The van der Waals surface area contributed by atoms with Crippen LogP contribution in [0.3, 0.4) is 0 Å². The Kier molecular flexibility index (Phi) is 5.94. The van der Waals surface area contributed by atoms with Crippen LogP contribution in [-0.4, -0.2) is 53.1 Å². The van der Waals surface area contributed by atoms with Gasteiger partial charge in [0.1, 0.15) is 5.69 Å². The van der Waals surface area contributed by atoms with Gasteiger partial charge in [0, 0.05) is 39.9 Å². The molecule has 2 aliphatic heterocycles. The van der Waals surface area contributed by atoms with Gasteiger partial charge in [0.15, 0.2) is 5.82 Å². The van der Waals surface area contributed by atoms with Crippen LogP contribution < -0.4 is 5.32 Å². The van der Waals surface area contributed by atoms with Gasteiger partial charge in [-0.1, -0.05) is 24.3 Å². The lowest BCUT2D eigenvalue weighted by atomic mass is 9.99. The van der Waals surface area contributed by atoms with Crippen molar-refractivity contribution in [2.75, 3.05) is 26.8 Å². The number of amides is 2. The average molecular weight is 396 g/mol. The smallest absolute Gasteiger partial charge is 0.287 e. The summed E-state index contributed by atoms with van der Waals surface area (Å²) >= 11 is 0. The Morgan fingerprint density at radius 2 is 1.97 bits per heavy atom. The monoisotopic (exact) mass is 396 g/mol. The fourth-order valence-corrected chi connectivity index (χ4v) is 4.20. The summed E-state index contributed by atoms with van der Waals surface area (Å²) in [5.74, 6) is 0.0776. The lowest BCUT2D eigenvalue weighted by molar-refractivity contribution is 0.0727. The molecule has 0 saturated carbocycles. The Morgan fingerprint density at radius 1 is 1.14 bits per heavy atom. The molecule has 0 spiro atoms. The summed E-state index contributed by atoms with van der Waals surface area (Å²) < 4.78 is 6.97. The van der Waals surface area contributed by atoms with Gasteiger partial charge in [-0.05, 0) is 43.2 Å². The van der Waals surface area contributed by atoms with Crippen LogP contribution >= 0.6 is 0 Å². The number of carbonyl (C=O) groups excluding carboxylic acids is 2. The van der Waals surface area contributed by atoms with Gasteiger partial charge in [-0.2, -0.15) is 0 Å². The predicted octanol–water partition coefficient (Wildman–Crippen LogP) is 2.18. The van der Waals surface area contributed by atoms with E-state index in [2.05, 4.69) is 22.4 Å². The molecule has 2 amide bonds. The third-order valence-corrected chi connectivity index (χ3v) is 5.75. The van der Waals surface area contributed by atoms with E-state index in [9.17, 15) is 9.59 Å². The van der Waals surface area contributed by atoms with Crippen molar-refractivity contribution in [3.63, 3.8) is 0 Å². The first kappa shape index (κ1) is 19.6.